The van der Waals surface area contributed by atoms with Crippen LogP contribution in [0.3, 0.4) is 0 Å². The molecule has 18 heavy (non-hydrogen) atoms. The SMILES string of the molecule is CNc1cc(NC(C)C(=O)NCCOC)ccn1. The van der Waals surface area contributed by atoms with Crippen molar-refractivity contribution in [1.82, 2.24) is 10.3 Å². The maximum absolute atomic E-state index is 11.7. The predicted molar refractivity (Wildman–Crippen MR) is 71.8 cm³/mol. The van der Waals surface area contributed by atoms with Crippen LogP contribution >= 0.6 is 0 Å². The zero-order valence-electron chi connectivity index (χ0n) is 11.0. The lowest BCUT2D eigenvalue weighted by Gasteiger charge is -2.15. The number of methoxy groups -OCH3 is 1. The fourth-order valence-electron chi connectivity index (χ4n) is 1.40. The summed E-state index contributed by atoms with van der Waals surface area (Å²) in [6, 6.07) is 3.35. The minimum atomic E-state index is -0.311. The van der Waals surface area contributed by atoms with Gasteiger partial charge in [-0.3, -0.25) is 4.79 Å². The normalized spacial score (nSPS) is 11.7. The third-order valence-electron chi connectivity index (χ3n) is 2.40. The minimum absolute atomic E-state index is 0.0603. The summed E-state index contributed by atoms with van der Waals surface area (Å²) in [5, 5.41) is 8.83. The molecule has 1 aromatic heterocycles. The molecule has 1 heterocycles. The maximum atomic E-state index is 11.7. The van der Waals surface area contributed by atoms with Crippen LogP contribution < -0.4 is 16.0 Å². The van der Waals surface area contributed by atoms with Gasteiger partial charge in [-0.2, -0.15) is 0 Å². The number of hydrogen-bond acceptors (Lipinski definition) is 5. The van der Waals surface area contributed by atoms with Crippen molar-refractivity contribution >= 4 is 17.4 Å². The fraction of sp³-hybridized carbons (Fsp3) is 0.500. The number of amides is 1. The first-order valence-corrected chi connectivity index (χ1v) is 5.84. The van der Waals surface area contributed by atoms with E-state index in [0.717, 1.165) is 11.5 Å². The van der Waals surface area contributed by atoms with Crippen LogP contribution in [0.1, 0.15) is 6.92 Å². The molecule has 1 atom stereocenters. The molecular formula is C12H20N4O2. The second-order valence-electron chi connectivity index (χ2n) is 3.83. The van der Waals surface area contributed by atoms with Crippen molar-refractivity contribution in [2.24, 2.45) is 0 Å². The molecular weight excluding hydrogens is 232 g/mol. The molecule has 6 nitrogen and oxygen atoms in total. The molecule has 0 radical (unpaired) electrons. The van der Waals surface area contributed by atoms with Gasteiger partial charge in [-0.15, -0.1) is 0 Å². The van der Waals surface area contributed by atoms with Crippen LogP contribution in [-0.4, -0.2) is 44.2 Å². The van der Waals surface area contributed by atoms with Crippen LogP contribution in [0.25, 0.3) is 0 Å². The zero-order chi connectivity index (χ0) is 13.4. The number of nitrogens with one attached hydrogen (secondary N) is 3. The molecule has 0 aliphatic heterocycles. The standard InChI is InChI=1S/C12H20N4O2/c1-9(12(17)15-6-7-18-3)16-10-4-5-14-11(8-10)13-2/h4-5,8-9H,6-7H2,1-3H3,(H,15,17)(H2,13,14,16). The molecule has 0 saturated carbocycles. The Morgan fingerprint density at radius 2 is 2.33 bits per heavy atom. The topological polar surface area (TPSA) is 75.3 Å². The van der Waals surface area contributed by atoms with E-state index in [-0.39, 0.29) is 11.9 Å². The highest BCUT2D eigenvalue weighted by Crippen LogP contribution is 2.12. The number of rotatable bonds is 7. The van der Waals surface area contributed by atoms with Gasteiger partial charge in [0.05, 0.1) is 6.61 Å². The molecule has 1 amide bonds. The van der Waals surface area contributed by atoms with Gasteiger partial charge in [0.2, 0.25) is 5.91 Å². The number of ether oxygens (including phenoxy) is 1. The van der Waals surface area contributed by atoms with E-state index < -0.39 is 0 Å². The molecule has 0 fully saturated rings. The predicted octanol–water partition coefficient (Wildman–Crippen LogP) is 0.686. The molecule has 0 saturated heterocycles. The van der Waals surface area contributed by atoms with Crippen molar-refractivity contribution in [3.8, 4) is 0 Å². The number of hydrogen-bond donors (Lipinski definition) is 3. The van der Waals surface area contributed by atoms with Gasteiger partial charge in [0.15, 0.2) is 0 Å². The first kappa shape index (κ1) is 14.2. The number of aromatic nitrogens is 1. The molecule has 0 aliphatic rings. The summed E-state index contributed by atoms with van der Waals surface area (Å²) < 4.78 is 4.87. The molecule has 0 bridgehead atoms. The van der Waals surface area contributed by atoms with Gasteiger partial charge in [0.1, 0.15) is 11.9 Å². The molecule has 0 spiro atoms. The average molecular weight is 252 g/mol. The molecule has 1 aromatic rings. The highest BCUT2D eigenvalue weighted by Gasteiger charge is 2.11. The molecule has 100 valence electrons. The van der Waals surface area contributed by atoms with Gasteiger partial charge < -0.3 is 20.7 Å². The summed E-state index contributed by atoms with van der Waals surface area (Å²) in [5.74, 6) is 0.696. The highest BCUT2D eigenvalue weighted by molar-refractivity contribution is 5.84. The van der Waals surface area contributed by atoms with E-state index in [1.54, 1.807) is 20.4 Å². The smallest absolute Gasteiger partial charge is 0.242 e. The first-order valence-electron chi connectivity index (χ1n) is 5.84. The third kappa shape index (κ3) is 4.58. The molecule has 0 aromatic carbocycles. The quantitative estimate of drug-likeness (QED) is 0.622. The summed E-state index contributed by atoms with van der Waals surface area (Å²) in [5.41, 5.74) is 0.851. The number of carbonyl (C=O) groups is 1. The van der Waals surface area contributed by atoms with Crippen molar-refractivity contribution < 1.29 is 9.53 Å². The Kier molecular flexibility index (Phi) is 5.93. The van der Waals surface area contributed by atoms with Crippen molar-refractivity contribution in [2.45, 2.75) is 13.0 Å². The van der Waals surface area contributed by atoms with Crippen LogP contribution in [0.4, 0.5) is 11.5 Å². The van der Waals surface area contributed by atoms with Gasteiger partial charge in [0.25, 0.3) is 0 Å². The Morgan fingerprint density at radius 1 is 1.56 bits per heavy atom. The Morgan fingerprint density at radius 3 is 3.00 bits per heavy atom. The average Bonchev–Trinajstić information content (AvgIpc) is 2.39. The Bertz CT molecular complexity index is 384. The Hall–Kier alpha value is -1.82. The Labute approximate surface area is 107 Å². The van der Waals surface area contributed by atoms with E-state index in [4.69, 9.17) is 4.74 Å². The monoisotopic (exact) mass is 252 g/mol. The highest BCUT2D eigenvalue weighted by atomic mass is 16.5. The van der Waals surface area contributed by atoms with Crippen molar-refractivity contribution in [2.75, 3.05) is 37.9 Å². The number of pyridine rings is 1. The number of nitrogens with zero attached hydrogens (tertiary/aromatic N) is 1. The molecule has 1 unspecified atom stereocenters. The summed E-state index contributed by atoms with van der Waals surface area (Å²) in [7, 11) is 3.40. The summed E-state index contributed by atoms with van der Waals surface area (Å²) in [6.07, 6.45) is 1.68. The first-order chi connectivity index (χ1) is 8.67. The summed E-state index contributed by atoms with van der Waals surface area (Å²) in [6.45, 7) is 2.83. The fourth-order valence-corrected chi connectivity index (χ4v) is 1.40. The van der Waals surface area contributed by atoms with Crippen molar-refractivity contribution in [3.63, 3.8) is 0 Å². The van der Waals surface area contributed by atoms with E-state index in [0.29, 0.717) is 13.2 Å². The summed E-state index contributed by atoms with van der Waals surface area (Å²) in [4.78, 5) is 15.8. The lowest BCUT2D eigenvalue weighted by Crippen LogP contribution is -2.39. The number of anilines is 2. The molecule has 3 N–H and O–H groups in total. The maximum Gasteiger partial charge on any atom is 0.242 e. The van der Waals surface area contributed by atoms with Gasteiger partial charge in [-0.1, -0.05) is 0 Å². The number of carbonyl (C=O) groups excluding carboxylic acids is 1. The second kappa shape index (κ2) is 7.50. The third-order valence-corrected chi connectivity index (χ3v) is 2.40. The van der Waals surface area contributed by atoms with Crippen LogP contribution in [0.15, 0.2) is 18.3 Å². The van der Waals surface area contributed by atoms with Crippen LogP contribution in [-0.2, 0) is 9.53 Å². The van der Waals surface area contributed by atoms with Crippen LogP contribution in [0.2, 0.25) is 0 Å². The van der Waals surface area contributed by atoms with Gasteiger partial charge in [0, 0.05) is 38.7 Å². The molecule has 0 aliphatic carbocycles. The zero-order valence-corrected chi connectivity index (χ0v) is 11.0. The van der Waals surface area contributed by atoms with Crippen LogP contribution in [0, 0.1) is 0 Å². The lowest BCUT2D eigenvalue weighted by atomic mass is 10.2. The minimum Gasteiger partial charge on any atom is -0.383 e. The van der Waals surface area contributed by atoms with E-state index in [1.807, 2.05) is 19.1 Å². The van der Waals surface area contributed by atoms with Crippen LogP contribution in [0.5, 0.6) is 0 Å². The van der Waals surface area contributed by atoms with Gasteiger partial charge >= 0.3 is 0 Å². The molecule has 6 heteroatoms. The second-order valence-corrected chi connectivity index (χ2v) is 3.83. The Balaban J connectivity index is 2.47. The van der Waals surface area contributed by atoms with E-state index >= 15 is 0 Å². The lowest BCUT2D eigenvalue weighted by molar-refractivity contribution is -0.121. The largest absolute Gasteiger partial charge is 0.383 e. The van der Waals surface area contributed by atoms with Crippen molar-refractivity contribution in [1.29, 1.82) is 0 Å². The van der Waals surface area contributed by atoms with E-state index in [1.165, 1.54) is 0 Å². The van der Waals surface area contributed by atoms with E-state index in [9.17, 15) is 4.79 Å². The summed E-state index contributed by atoms with van der Waals surface area (Å²) >= 11 is 0. The van der Waals surface area contributed by atoms with E-state index in [2.05, 4.69) is 20.9 Å². The van der Waals surface area contributed by atoms with Gasteiger partial charge in [-0.25, -0.2) is 4.98 Å². The molecule has 1 rings (SSSR count). The van der Waals surface area contributed by atoms with Gasteiger partial charge in [-0.05, 0) is 13.0 Å². The van der Waals surface area contributed by atoms with Crippen molar-refractivity contribution in [3.05, 3.63) is 18.3 Å².